The number of rotatable bonds is 6. The first-order valence-electron chi connectivity index (χ1n) is 28.3. The van der Waals surface area contributed by atoms with Crippen molar-refractivity contribution in [3.05, 3.63) is 269 Å². The van der Waals surface area contributed by atoms with Crippen LogP contribution in [-0.4, -0.2) is 14.1 Å². The quantitative estimate of drug-likeness (QED) is 0.156. The summed E-state index contributed by atoms with van der Waals surface area (Å²) in [6.07, 6.45) is -9.36. The van der Waals surface area contributed by atoms with Crippen molar-refractivity contribution in [3.63, 3.8) is 0 Å². The molecule has 0 radical (unpaired) electrons. The number of nitrogens with zero attached hydrogens (tertiary/aromatic N) is 6. The maximum atomic E-state index is 14.9. The van der Waals surface area contributed by atoms with Gasteiger partial charge in [-0.05, 0) is 107 Å². The van der Waals surface area contributed by atoms with Gasteiger partial charge in [0.1, 0.15) is 17.7 Å². The number of halogens is 6. The summed E-state index contributed by atoms with van der Waals surface area (Å²) in [6.45, 7) is 8.82. The van der Waals surface area contributed by atoms with Gasteiger partial charge >= 0.3 is 12.4 Å². The molecule has 2 aliphatic heterocycles. The molecular formula is C74H50F6N6. The zero-order valence-electron chi connectivity index (χ0n) is 46.9. The minimum atomic E-state index is -4.68. The van der Waals surface area contributed by atoms with E-state index in [0.29, 0.717) is 77.2 Å². The molecule has 0 unspecified atom stereocenters. The average Bonchev–Trinajstić information content (AvgIpc) is 1.23. The van der Waals surface area contributed by atoms with Crippen LogP contribution >= 0.6 is 0 Å². The van der Waals surface area contributed by atoms with Crippen LogP contribution in [0, 0.1) is 11.3 Å². The van der Waals surface area contributed by atoms with Crippen LogP contribution < -0.4 is 9.80 Å². The molecule has 0 fully saturated rings. The maximum absolute atomic E-state index is 14.9. The van der Waals surface area contributed by atoms with Crippen molar-refractivity contribution in [2.75, 3.05) is 9.80 Å². The Balaban J connectivity index is 1.16. The molecule has 13 aromatic rings. The Hall–Kier alpha value is -10.4. The molecule has 0 aliphatic carbocycles. The molecule has 0 N–H and O–H groups in total. The van der Waals surface area contributed by atoms with Crippen molar-refractivity contribution in [2.45, 2.75) is 50.9 Å². The van der Waals surface area contributed by atoms with E-state index < -0.39 is 34.3 Å². The molecule has 0 bridgehead atoms. The highest BCUT2D eigenvalue weighted by molar-refractivity contribution is 6.13. The molecule has 10 aromatic carbocycles. The van der Waals surface area contributed by atoms with Crippen LogP contribution in [0.25, 0.3) is 77.5 Å². The standard InChI is InChI=1S/C74H50F6N6/c1-71(2)53-25-9-17-33-63(53)83(64-34-18-10-26-54(64)71)59-31-15-7-23-48(59)67-52(43-81)68(49-24-8-16-32-60(49)84-65-35-19-11-27-55(65)72(3,4)56-28-12-20-36-66(56)84)70(86-58-30-14-6-22-47(58)51-42-45(74(78,79)80)38-40-62(51)86)82-69(67)85-57-29-13-5-21-46(57)50-41-44(73(75,76)77)37-39-61(50)85/h5-42H,1-4H3. The lowest BCUT2D eigenvalue weighted by atomic mass is 9.73. The van der Waals surface area contributed by atoms with E-state index in [2.05, 4.69) is 92.1 Å². The van der Waals surface area contributed by atoms with E-state index in [4.69, 9.17) is 4.98 Å². The van der Waals surface area contributed by atoms with Gasteiger partial charge in [0.05, 0.1) is 72.9 Å². The number of nitriles is 1. The Morgan fingerprint density at radius 1 is 0.360 bits per heavy atom. The summed E-state index contributed by atoms with van der Waals surface area (Å²) in [4.78, 5) is 10.4. The fraction of sp³-hybridized carbons (Fsp3) is 0.108. The van der Waals surface area contributed by atoms with Gasteiger partial charge in [-0.1, -0.05) is 173 Å². The van der Waals surface area contributed by atoms with Crippen molar-refractivity contribution >= 4 is 77.7 Å². The predicted octanol–water partition coefficient (Wildman–Crippen LogP) is 20.7. The summed E-state index contributed by atoms with van der Waals surface area (Å²) in [7, 11) is 0. The summed E-state index contributed by atoms with van der Waals surface area (Å²) in [5.74, 6) is 0.395. The Labute approximate surface area is 491 Å². The van der Waals surface area contributed by atoms with E-state index in [1.165, 1.54) is 12.1 Å². The smallest absolute Gasteiger partial charge is 0.309 e. The lowest BCUT2D eigenvalue weighted by Crippen LogP contribution is -2.30. The highest BCUT2D eigenvalue weighted by Gasteiger charge is 2.41. The van der Waals surface area contributed by atoms with Crippen LogP contribution in [0.3, 0.4) is 0 Å². The van der Waals surface area contributed by atoms with Crippen molar-refractivity contribution in [1.29, 1.82) is 5.26 Å². The van der Waals surface area contributed by atoms with Gasteiger partial charge in [0, 0.05) is 54.6 Å². The molecule has 0 amide bonds. The number of para-hydroxylation sites is 8. The maximum Gasteiger partial charge on any atom is 0.416 e. The molecule has 6 nitrogen and oxygen atoms in total. The summed E-state index contributed by atoms with van der Waals surface area (Å²) in [5, 5.41) is 14.4. The van der Waals surface area contributed by atoms with E-state index in [1.54, 1.807) is 24.3 Å². The number of pyridine rings is 1. The van der Waals surface area contributed by atoms with Gasteiger partial charge in [-0.25, -0.2) is 4.98 Å². The molecule has 0 saturated carbocycles. The molecule has 5 heterocycles. The van der Waals surface area contributed by atoms with Crippen molar-refractivity contribution in [1.82, 2.24) is 14.1 Å². The van der Waals surface area contributed by atoms with Gasteiger partial charge in [-0.15, -0.1) is 0 Å². The van der Waals surface area contributed by atoms with E-state index >= 15 is 0 Å². The van der Waals surface area contributed by atoms with Crippen LogP contribution in [0.2, 0.25) is 0 Å². The molecule has 0 spiro atoms. The topological polar surface area (TPSA) is 53.0 Å². The normalized spacial score (nSPS) is 14.3. The third-order valence-corrected chi connectivity index (χ3v) is 17.8. The van der Waals surface area contributed by atoms with E-state index in [9.17, 15) is 31.6 Å². The first-order chi connectivity index (χ1) is 41.5. The number of hydrogen-bond donors (Lipinski definition) is 0. The molecule has 86 heavy (non-hydrogen) atoms. The number of fused-ring (bicyclic) bond motifs is 10. The monoisotopic (exact) mass is 1140 g/mol. The fourth-order valence-electron chi connectivity index (χ4n) is 13.9. The first kappa shape index (κ1) is 52.4. The van der Waals surface area contributed by atoms with Crippen molar-refractivity contribution in [2.24, 2.45) is 0 Å². The molecule has 0 atom stereocenters. The highest BCUT2D eigenvalue weighted by atomic mass is 19.4. The van der Waals surface area contributed by atoms with Crippen molar-refractivity contribution < 1.29 is 26.3 Å². The lowest BCUT2D eigenvalue weighted by Gasteiger charge is -2.43. The average molecular weight is 1140 g/mol. The van der Waals surface area contributed by atoms with Gasteiger partial charge < -0.3 is 9.80 Å². The van der Waals surface area contributed by atoms with Gasteiger partial charge in [0.25, 0.3) is 0 Å². The summed E-state index contributed by atoms with van der Waals surface area (Å²) in [5.41, 5.74) is 10.5. The summed E-state index contributed by atoms with van der Waals surface area (Å²) in [6, 6.07) is 73.2. The Morgan fingerprint density at radius 3 is 1.01 bits per heavy atom. The van der Waals surface area contributed by atoms with Gasteiger partial charge in [0.2, 0.25) is 0 Å². The second kappa shape index (κ2) is 18.8. The number of anilines is 6. The molecule has 12 heteroatoms. The minimum absolute atomic E-state index is 0.151. The number of hydrogen-bond acceptors (Lipinski definition) is 4. The molecule has 0 saturated heterocycles. The lowest BCUT2D eigenvalue weighted by molar-refractivity contribution is -0.138. The van der Waals surface area contributed by atoms with Gasteiger partial charge in [0.15, 0.2) is 0 Å². The largest absolute Gasteiger partial charge is 0.416 e. The molecule has 418 valence electrons. The highest BCUT2D eigenvalue weighted by Crippen LogP contribution is 2.58. The van der Waals surface area contributed by atoms with E-state index in [0.717, 1.165) is 69.3 Å². The predicted molar refractivity (Wildman–Crippen MR) is 332 cm³/mol. The Morgan fingerprint density at radius 2 is 0.663 bits per heavy atom. The van der Waals surface area contributed by atoms with Crippen LogP contribution in [0.15, 0.2) is 231 Å². The van der Waals surface area contributed by atoms with E-state index in [-0.39, 0.29) is 17.2 Å². The third kappa shape index (κ3) is 7.63. The second-order valence-corrected chi connectivity index (χ2v) is 23.2. The van der Waals surface area contributed by atoms with E-state index in [1.807, 2.05) is 130 Å². The molecule has 2 aliphatic rings. The summed E-state index contributed by atoms with van der Waals surface area (Å²) >= 11 is 0. The van der Waals surface area contributed by atoms with Gasteiger partial charge in [-0.2, -0.15) is 31.6 Å². The molecule has 3 aromatic heterocycles. The zero-order valence-corrected chi connectivity index (χ0v) is 46.9. The van der Waals surface area contributed by atoms with Crippen LogP contribution in [0.5, 0.6) is 0 Å². The molecular weight excluding hydrogens is 1090 g/mol. The van der Waals surface area contributed by atoms with Crippen molar-refractivity contribution in [3.8, 4) is 40.0 Å². The van der Waals surface area contributed by atoms with Crippen LogP contribution in [0.1, 0.15) is 66.6 Å². The SMILES string of the molecule is CC1(C)c2ccccc2N(c2ccccc2-c2c(-n3c4ccccc4c4cc(C(F)(F)F)ccc43)nc(-n3c4ccccc4c4cc(C(F)(F)F)ccc43)c(-c3ccccc3N3c4ccccc4C(C)(C)c4ccccc43)c2C#N)c2ccccc21. The Bertz CT molecular complexity index is 4630. The Kier molecular flexibility index (Phi) is 11.5. The number of aromatic nitrogens is 3. The van der Waals surface area contributed by atoms with Gasteiger partial charge in [-0.3, -0.25) is 9.13 Å². The second-order valence-electron chi connectivity index (χ2n) is 23.2. The molecule has 15 rings (SSSR count). The summed E-state index contributed by atoms with van der Waals surface area (Å²) < 4.78 is 93.2. The van der Waals surface area contributed by atoms with Crippen LogP contribution in [-0.2, 0) is 23.2 Å². The zero-order chi connectivity index (χ0) is 59.2. The minimum Gasteiger partial charge on any atom is -0.309 e. The fourth-order valence-corrected chi connectivity index (χ4v) is 13.9. The van der Waals surface area contributed by atoms with Crippen LogP contribution in [0.4, 0.5) is 60.5 Å². The first-order valence-corrected chi connectivity index (χ1v) is 28.3. The number of alkyl halides is 6. The third-order valence-electron chi connectivity index (χ3n) is 17.8. The number of benzene rings is 10.